The summed E-state index contributed by atoms with van der Waals surface area (Å²) in [7, 11) is 0. The summed E-state index contributed by atoms with van der Waals surface area (Å²) in [4.78, 5) is 31.4. The van der Waals surface area contributed by atoms with Crippen LogP contribution in [-0.4, -0.2) is 47.1 Å². The van der Waals surface area contributed by atoms with Crippen molar-refractivity contribution in [2.75, 3.05) is 19.6 Å². The van der Waals surface area contributed by atoms with Crippen LogP contribution < -0.4 is 5.32 Å². The van der Waals surface area contributed by atoms with Crippen molar-refractivity contribution in [1.82, 2.24) is 15.2 Å². The summed E-state index contributed by atoms with van der Waals surface area (Å²) in [6.45, 7) is 8.70. The second kappa shape index (κ2) is 8.17. The molecular formula is C22H29N3O3. The number of likely N-dealkylation sites (N-methyl/N-ethyl adjacent to an activating group) is 1. The minimum atomic E-state index is -0.539. The van der Waals surface area contributed by atoms with Crippen LogP contribution >= 0.6 is 0 Å². The van der Waals surface area contributed by atoms with E-state index in [1.54, 1.807) is 4.90 Å². The maximum absolute atomic E-state index is 12.8. The molecule has 2 aromatic rings. The molecule has 1 aromatic heterocycles. The van der Waals surface area contributed by atoms with E-state index in [0.29, 0.717) is 31.1 Å². The largest absolute Gasteiger partial charge is 0.444 e. The highest BCUT2D eigenvalue weighted by molar-refractivity contribution is 6.06. The van der Waals surface area contributed by atoms with E-state index in [1.165, 1.54) is 0 Å². The van der Waals surface area contributed by atoms with Crippen LogP contribution in [0, 0.1) is 0 Å². The highest BCUT2D eigenvalue weighted by Crippen LogP contribution is 2.40. The zero-order chi connectivity index (χ0) is 20.3. The van der Waals surface area contributed by atoms with Crippen LogP contribution in [0.1, 0.15) is 62.5 Å². The van der Waals surface area contributed by atoms with E-state index in [9.17, 15) is 9.59 Å². The number of amides is 2. The standard InChI is InChI=1S/C22H29N3O3/c1-5-25(21(27)28-22(2,3)4)13-12-23-20(26)17-14-19(15-10-11-15)24-18-9-7-6-8-16(17)18/h6-9,14-15H,5,10-13H2,1-4H3,(H,23,26). The first-order valence-electron chi connectivity index (χ1n) is 9.94. The highest BCUT2D eigenvalue weighted by atomic mass is 16.6. The van der Waals surface area contributed by atoms with Gasteiger partial charge in [0.2, 0.25) is 0 Å². The molecule has 1 heterocycles. The molecule has 6 heteroatoms. The van der Waals surface area contributed by atoms with Crippen LogP contribution in [0.25, 0.3) is 10.9 Å². The van der Waals surface area contributed by atoms with Gasteiger partial charge in [0, 0.05) is 36.6 Å². The van der Waals surface area contributed by atoms with Crippen LogP contribution in [0.15, 0.2) is 30.3 Å². The second-order valence-corrected chi connectivity index (χ2v) is 8.20. The molecule has 1 aliphatic rings. The third-order valence-corrected chi connectivity index (χ3v) is 4.68. The van der Waals surface area contributed by atoms with E-state index in [4.69, 9.17) is 9.72 Å². The number of nitrogens with one attached hydrogen (secondary N) is 1. The van der Waals surface area contributed by atoms with Crippen molar-refractivity contribution in [2.24, 2.45) is 0 Å². The van der Waals surface area contributed by atoms with Crippen LogP contribution in [0.3, 0.4) is 0 Å². The first-order valence-corrected chi connectivity index (χ1v) is 9.94. The van der Waals surface area contributed by atoms with Crippen molar-refractivity contribution in [2.45, 2.75) is 52.1 Å². The lowest BCUT2D eigenvalue weighted by atomic mass is 10.1. The van der Waals surface area contributed by atoms with Crippen molar-refractivity contribution < 1.29 is 14.3 Å². The molecule has 0 bridgehead atoms. The Morgan fingerprint density at radius 3 is 2.61 bits per heavy atom. The summed E-state index contributed by atoms with van der Waals surface area (Å²) in [6.07, 6.45) is 1.90. The first-order chi connectivity index (χ1) is 13.3. The van der Waals surface area contributed by atoms with Crippen LogP contribution in [-0.2, 0) is 4.74 Å². The van der Waals surface area contributed by atoms with Gasteiger partial charge in [-0.05, 0) is 52.7 Å². The van der Waals surface area contributed by atoms with Crippen molar-refractivity contribution >= 4 is 22.9 Å². The molecule has 150 valence electrons. The van der Waals surface area contributed by atoms with Crippen LogP contribution in [0.5, 0.6) is 0 Å². The van der Waals surface area contributed by atoms with Gasteiger partial charge < -0.3 is 15.0 Å². The number of ether oxygens (including phenoxy) is 1. The number of fused-ring (bicyclic) bond motifs is 1. The Balaban J connectivity index is 1.67. The number of aromatic nitrogens is 1. The van der Waals surface area contributed by atoms with E-state index in [0.717, 1.165) is 29.4 Å². The lowest BCUT2D eigenvalue weighted by Crippen LogP contribution is -2.41. The fourth-order valence-corrected chi connectivity index (χ4v) is 3.08. The number of rotatable bonds is 6. The van der Waals surface area contributed by atoms with Gasteiger partial charge in [-0.1, -0.05) is 18.2 Å². The molecule has 0 spiro atoms. The third-order valence-electron chi connectivity index (χ3n) is 4.68. The molecule has 0 aliphatic heterocycles. The second-order valence-electron chi connectivity index (χ2n) is 8.20. The smallest absolute Gasteiger partial charge is 0.410 e. The van der Waals surface area contributed by atoms with Gasteiger partial charge in [0.05, 0.1) is 11.1 Å². The number of benzene rings is 1. The molecule has 2 amide bonds. The molecule has 1 aromatic carbocycles. The van der Waals surface area contributed by atoms with Gasteiger partial charge in [0.15, 0.2) is 0 Å². The van der Waals surface area contributed by atoms with Gasteiger partial charge in [0.25, 0.3) is 5.91 Å². The number of pyridine rings is 1. The Hall–Kier alpha value is -2.63. The maximum atomic E-state index is 12.8. The molecule has 1 N–H and O–H groups in total. The predicted molar refractivity (Wildman–Crippen MR) is 110 cm³/mol. The van der Waals surface area contributed by atoms with E-state index < -0.39 is 5.60 Å². The summed E-state index contributed by atoms with van der Waals surface area (Å²) in [5.74, 6) is 0.333. The zero-order valence-corrected chi connectivity index (χ0v) is 17.1. The van der Waals surface area contributed by atoms with Gasteiger partial charge >= 0.3 is 6.09 Å². The van der Waals surface area contributed by atoms with E-state index >= 15 is 0 Å². The Morgan fingerprint density at radius 1 is 1.25 bits per heavy atom. The summed E-state index contributed by atoms with van der Waals surface area (Å²) >= 11 is 0. The van der Waals surface area contributed by atoms with E-state index in [1.807, 2.05) is 58.0 Å². The molecule has 0 saturated heterocycles. The van der Waals surface area contributed by atoms with Gasteiger partial charge in [-0.25, -0.2) is 4.79 Å². The van der Waals surface area contributed by atoms with Crippen molar-refractivity contribution in [3.8, 4) is 0 Å². The monoisotopic (exact) mass is 383 g/mol. The van der Waals surface area contributed by atoms with E-state index in [2.05, 4.69) is 5.32 Å². The van der Waals surface area contributed by atoms with Crippen LogP contribution in [0.2, 0.25) is 0 Å². The predicted octanol–water partition coefficient (Wildman–Crippen LogP) is 4.10. The number of carbonyl (C=O) groups excluding carboxylic acids is 2. The Morgan fingerprint density at radius 2 is 1.96 bits per heavy atom. The molecule has 1 fully saturated rings. The highest BCUT2D eigenvalue weighted by Gasteiger charge is 2.27. The molecule has 28 heavy (non-hydrogen) atoms. The third kappa shape index (κ3) is 5.00. The average Bonchev–Trinajstić information content (AvgIpc) is 3.47. The lowest BCUT2D eigenvalue weighted by Gasteiger charge is -2.26. The topological polar surface area (TPSA) is 71.5 Å². The molecule has 3 rings (SSSR count). The minimum Gasteiger partial charge on any atom is -0.444 e. The maximum Gasteiger partial charge on any atom is 0.410 e. The minimum absolute atomic E-state index is 0.138. The fourth-order valence-electron chi connectivity index (χ4n) is 3.08. The number of hydrogen-bond acceptors (Lipinski definition) is 4. The number of carbonyl (C=O) groups is 2. The number of nitrogens with zero attached hydrogens (tertiary/aromatic N) is 2. The molecule has 1 aliphatic carbocycles. The van der Waals surface area contributed by atoms with Crippen molar-refractivity contribution in [3.05, 3.63) is 41.6 Å². The number of para-hydroxylation sites is 1. The normalized spacial score (nSPS) is 14.0. The quantitative estimate of drug-likeness (QED) is 0.815. The number of hydrogen-bond donors (Lipinski definition) is 1. The Kier molecular flexibility index (Phi) is 5.87. The Labute approximate surface area is 166 Å². The average molecular weight is 383 g/mol. The van der Waals surface area contributed by atoms with Crippen molar-refractivity contribution in [1.29, 1.82) is 0 Å². The molecule has 1 saturated carbocycles. The fraction of sp³-hybridized carbons (Fsp3) is 0.500. The molecular weight excluding hydrogens is 354 g/mol. The van der Waals surface area contributed by atoms with Gasteiger partial charge in [-0.2, -0.15) is 0 Å². The lowest BCUT2D eigenvalue weighted by molar-refractivity contribution is 0.0261. The van der Waals surface area contributed by atoms with Gasteiger partial charge in [-0.3, -0.25) is 9.78 Å². The van der Waals surface area contributed by atoms with Gasteiger partial charge in [0.1, 0.15) is 5.60 Å². The summed E-state index contributed by atoms with van der Waals surface area (Å²) in [6, 6.07) is 9.64. The van der Waals surface area contributed by atoms with Crippen LogP contribution in [0.4, 0.5) is 4.79 Å². The van der Waals surface area contributed by atoms with E-state index in [-0.39, 0.29) is 12.0 Å². The molecule has 6 nitrogen and oxygen atoms in total. The zero-order valence-electron chi connectivity index (χ0n) is 17.1. The molecule has 0 unspecified atom stereocenters. The Bertz CT molecular complexity index is 869. The molecule has 0 radical (unpaired) electrons. The summed E-state index contributed by atoms with van der Waals surface area (Å²) < 4.78 is 5.41. The SMILES string of the molecule is CCN(CCNC(=O)c1cc(C2CC2)nc2ccccc12)C(=O)OC(C)(C)C. The van der Waals surface area contributed by atoms with Crippen molar-refractivity contribution in [3.63, 3.8) is 0 Å². The first kappa shape index (κ1) is 20.1. The summed E-state index contributed by atoms with van der Waals surface area (Å²) in [5.41, 5.74) is 1.95. The van der Waals surface area contributed by atoms with Gasteiger partial charge in [-0.15, -0.1) is 0 Å². The molecule has 0 atom stereocenters. The summed E-state index contributed by atoms with van der Waals surface area (Å²) in [5, 5.41) is 3.79.